The average molecular weight is 491 g/mol. The van der Waals surface area contributed by atoms with E-state index in [1.54, 1.807) is 36.4 Å². The van der Waals surface area contributed by atoms with Crippen LogP contribution in [0.25, 0.3) is 0 Å². The van der Waals surface area contributed by atoms with Crippen molar-refractivity contribution in [2.24, 2.45) is 0 Å². The highest BCUT2D eigenvalue weighted by Gasteiger charge is 2.28. The zero-order valence-electron chi connectivity index (χ0n) is 18.8. The number of thioether (sulfide) groups is 1. The van der Waals surface area contributed by atoms with Crippen LogP contribution in [-0.2, 0) is 14.3 Å². The fourth-order valence-corrected chi connectivity index (χ4v) is 4.50. The lowest BCUT2D eigenvalue weighted by molar-refractivity contribution is -0.120. The second kappa shape index (κ2) is 10.9. The van der Waals surface area contributed by atoms with Gasteiger partial charge in [-0.25, -0.2) is 4.79 Å². The first-order valence-corrected chi connectivity index (χ1v) is 11.6. The van der Waals surface area contributed by atoms with Crippen LogP contribution in [0.15, 0.2) is 77.7 Å². The minimum atomic E-state index is -0.659. The molecule has 1 aliphatic heterocycles. The van der Waals surface area contributed by atoms with Gasteiger partial charge in [0.2, 0.25) is 11.8 Å². The molecule has 8 nitrogen and oxygen atoms in total. The van der Waals surface area contributed by atoms with Gasteiger partial charge in [-0.2, -0.15) is 0 Å². The number of rotatable bonds is 8. The van der Waals surface area contributed by atoms with Crippen LogP contribution in [0.1, 0.15) is 27.1 Å². The van der Waals surface area contributed by atoms with E-state index in [-0.39, 0.29) is 29.6 Å². The average Bonchev–Trinajstić information content (AvgIpc) is 2.88. The van der Waals surface area contributed by atoms with Gasteiger partial charge in [0.05, 0.1) is 23.6 Å². The first kappa shape index (κ1) is 24.0. The molecule has 2 amide bonds. The molecule has 3 aromatic rings. The largest absolute Gasteiger partial charge is 0.497 e. The molecule has 0 aromatic heterocycles. The number of ether oxygens (including phenoxy) is 2. The van der Waals surface area contributed by atoms with E-state index in [0.717, 1.165) is 10.6 Å². The van der Waals surface area contributed by atoms with Crippen molar-refractivity contribution in [1.82, 2.24) is 0 Å². The summed E-state index contributed by atoms with van der Waals surface area (Å²) in [6, 6.07) is 20.1. The molecule has 0 saturated heterocycles. The van der Waals surface area contributed by atoms with Gasteiger partial charge in [-0.3, -0.25) is 14.4 Å². The maximum absolute atomic E-state index is 12.5. The number of hydrogen-bond donors (Lipinski definition) is 2. The first-order chi connectivity index (χ1) is 16.9. The smallest absolute Gasteiger partial charge is 0.338 e. The van der Waals surface area contributed by atoms with E-state index in [4.69, 9.17) is 9.47 Å². The molecule has 1 atom stereocenters. The monoisotopic (exact) mass is 490 g/mol. The summed E-state index contributed by atoms with van der Waals surface area (Å²) in [7, 11) is 1.50. The second-order valence-electron chi connectivity index (χ2n) is 7.65. The minimum absolute atomic E-state index is 0.00100. The number of nitrogens with one attached hydrogen (secondary N) is 2. The van der Waals surface area contributed by atoms with Crippen molar-refractivity contribution >= 4 is 46.7 Å². The highest BCUT2D eigenvalue weighted by Crippen LogP contribution is 2.36. The predicted molar refractivity (Wildman–Crippen MR) is 132 cm³/mol. The van der Waals surface area contributed by atoms with Crippen molar-refractivity contribution in [2.75, 3.05) is 24.4 Å². The molecule has 0 fully saturated rings. The van der Waals surface area contributed by atoms with Crippen molar-refractivity contribution in [3.8, 4) is 5.75 Å². The molecular formula is C26H22N2O6S. The van der Waals surface area contributed by atoms with Crippen molar-refractivity contribution in [1.29, 1.82) is 0 Å². The van der Waals surface area contributed by atoms with Crippen molar-refractivity contribution in [3.63, 3.8) is 0 Å². The lowest BCUT2D eigenvalue weighted by Gasteiger charge is -2.23. The molecule has 0 radical (unpaired) electrons. The summed E-state index contributed by atoms with van der Waals surface area (Å²) in [5.74, 6) is -1.02. The lowest BCUT2D eigenvalue weighted by Crippen LogP contribution is -2.32. The number of ketones is 1. The Morgan fingerprint density at radius 1 is 0.971 bits per heavy atom. The summed E-state index contributed by atoms with van der Waals surface area (Å²) in [5, 5.41) is 5.01. The Morgan fingerprint density at radius 3 is 2.51 bits per heavy atom. The number of fused-ring (bicyclic) bond motifs is 1. The third-order valence-corrected chi connectivity index (χ3v) is 6.48. The Labute approximate surface area is 206 Å². The highest BCUT2D eigenvalue weighted by atomic mass is 32.2. The number of amides is 2. The van der Waals surface area contributed by atoms with E-state index >= 15 is 0 Å². The number of methoxy groups -OCH3 is 1. The van der Waals surface area contributed by atoms with Gasteiger partial charge in [0.15, 0.2) is 12.4 Å². The Hall–Kier alpha value is -4.11. The van der Waals surface area contributed by atoms with Crippen molar-refractivity contribution in [2.45, 2.75) is 16.6 Å². The summed E-state index contributed by atoms with van der Waals surface area (Å²) < 4.78 is 10.2. The van der Waals surface area contributed by atoms with Crippen molar-refractivity contribution in [3.05, 3.63) is 83.9 Å². The number of carbonyl (C=O) groups is 4. The van der Waals surface area contributed by atoms with Crippen LogP contribution in [0.5, 0.6) is 5.75 Å². The zero-order valence-corrected chi connectivity index (χ0v) is 19.6. The Kier molecular flexibility index (Phi) is 7.47. The number of anilines is 2. The van der Waals surface area contributed by atoms with Crippen LogP contribution in [0.4, 0.5) is 11.4 Å². The predicted octanol–water partition coefficient (Wildman–Crippen LogP) is 4.18. The summed E-state index contributed by atoms with van der Waals surface area (Å²) in [4.78, 5) is 50.3. The fraction of sp³-hybridized carbons (Fsp3) is 0.154. The topological polar surface area (TPSA) is 111 Å². The maximum Gasteiger partial charge on any atom is 0.338 e. The van der Waals surface area contributed by atoms with Gasteiger partial charge in [-0.05, 0) is 48.5 Å². The number of hydrogen-bond acceptors (Lipinski definition) is 7. The molecular weight excluding hydrogens is 468 g/mol. The van der Waals surface area contributed by atoms with E-state index in [1.165, 1.54) is 31.0 Å². The van der Waals surface area contributed by atoms with Gasteiger partial charge in [0.1, 0.15) is 5.75 Å². The summed E-state index contributed by atoms with van der Waals surface area (Å²) in [5.41, 5.74) is 1.83. The molecule has 35 heavy (non-hydrogen) atoms. The van der Waals surface area contributed by atoms with E-state index < -0.39 is 17.8 Å². The fourth-order valence-electron chi connectivity index (χ4n) is 3.39. The molecule has 1 heterocycles. The van der Waals surface area contributed by atoms with Gasteiger partial charge in [0, 0.05) is 22.6 Å². The van der Waals surface area contributed by atoms with Gasteiger partial charge in [-0.15, -0.1) is 11.8 Å². The molecule has 0 spiro atoms. The number of Topliss-reactive ketones (excluding diaryl/α,β-unsaturated/α-hetero) is 1. The standard InChI is InChI=1S/C26H22N2O6S/c1-33-19-6-4-5-17(13-19)21(29)15-34-26(32)16-9-11-18(12-10-16)27-24(30)14-23-25(31)28-20-7-2-3-8-22(20)35-23/h2-13,23H,14-15H2,1H3,(H,27,30)(H,28,31). The first-order valence-electron chi connectivity index (χ1n) is 10.7. The van der Waals surface area contributed by atoms with Crippen LogP contribution in [-0.4, -0.2) is 42.5 Å². The van der Waals surface area contributed by atoms with Crippen LogP contribution >= 0.6 is 11.8 Å². The number of para-hydroxylation sites is 1. The van der Waals surface area contributed by atoms with E-state index in [1.807, 2.05) is 24.3 Å². The van der Waals surface area contributed by atoms with Gasteiger partial charge in [-0.1, -0.05) is 24.3 Å². The number of benzene rings is 3. The SMILES string of the molecule is COc1cccc(C(=O)COC(=O)c2ccc(NC(=O)CC3Sc4ccccc4NC3=O)cc2)c1. The molecule has 0 aliphatic carbocycles. The molecule has 4 rings (SSSR count). The minimum Gasteiger partial charge on any atom is -0.497 e. The molecule has 3 aromatic carbocycles. The van der Waals surface area contributed by atoms with E-state index in [9.17, 15) is 19.2 Å². The van der Waals surface area contributed by atoms with E-state index in [2.05, 4.69) is 10.6 Å². The Balaban J connectivity index is 1.28. The van der Waals surface area contributed by atoms with Crippen LogP contribution in [0.2, 0.25) is 0 Å². The molecule has 178 valence electrons. The van der Waals surface area contributed by atoms with Crippen LogP contribution in [0.3, 0.4) is 0 Å². The Morgan fingerprint density at radius 2 is 1.74 bits per heavy atom. The van der Waals surface area contributed by atoms with Gasteiger partial charge < -0.3 is 20.1 Å². The van der Waals surface area contributed by atoms with Gasteiger partial charge >= 0.3 is 5.97 Å². The molecule has 1 aliphatic rings. The van der Waals surface area contributed by atoms with Gasteiger partial charge in [0.25, 0.3) is 0 Å². The molecule has 2 N–H and O–H groups in total. The summed E-state index contributed by atoms with van der Waals surface area (Å²) >= 11 is 1.35. The molecule has 0 bridgehead atoms. The quantitative estimate of drug-likeness (QED) is 0.360. The third kappa shape index (κ3) is 6.07. The highest BCUT2D eigenvalue weighted by molar-refractivity contribution is 8.01. The zero-order chi connectivity index (χ0) is 24.8. The summed E-state index contributed by atoms with van der Waals surface area (Å²) in [6.07, 6.45) is 0.00100. The third-order valence-electron chi connectivity index (χ3n) is 5.21. The van der Waals surface area contributed by atoms with Crippen LogP contribution in [0, 0.1) is 0 Å². The number of esters is 1. The summed E-state index contributed by atoms with van der Waals surface area (Å²) in [6.45, 7) is -0.408. The van der Waals surface area contributed by atoms with E-state index in [0.29, 0.717) is 17.0 Å². The number of carbonyl (C=O) groups excluding carboxylic acids is 4. The Bertz CT molecular complexity index is 1270. The molecule has 0 saturated carbocycles. The second-order valence-corrected chi connectivity index (χ2v) is 8.90. The normalized spacial score (nSPS) is 14.3. The maximum atomic E-state index is 12.5. The lowest BCUT2D eigenvalue weighted by atomic mass is 10.1. The molecule has 9 heteroatoms. The van der Waals surface area contributed by atoms with Crippen LogP contribution < -0.4 is 15.4 Å². The van der Waals surface area contributed by atoms with Crippen molar-refractivity contribution < 1.29 is 28.7 Å². The molecule has 1 unspecified atom stereocenters.